The van der Waals surface area contributed by atoms with Gasteiger partial charge < -0.3 is 0 Å². The number of nitro benzene ring substituents is 1. The van der Waals surface area contributed by atoms with E-state index >= 15 is 0 Å². The number of amides is 1. The highest BCUT2D eigenvalue weighted by molar-refractivity contribution is 6.32. The number of nitrogens with zero attached hydrogens (tertiary/aromatic N) is 2. The molecular formula is C17H16ClN3O3. The molecule has 6 nitrogen and oxygen atoms in total. The highest BCUT2D eigenvalue weighted by atomic mass is 35.5. The van der Waals surface area contributed by atoms with Crippen LogP contribution < -0.4 is 5.43 Å². The molecule has 0 aliphatic carbocycles. The lowest BCUT2D eigenvalue weighted by Crippen LogP contribution is -2.17. The average Bonchev–Trinajstić information content (AvgIpc) is 2.54. The molecule has 0 heterocycles. The maximum atomic E-state index is 12.0. The van der Waals surface area contributed by atoms with Crippen LogP contribution in [0.2, 0.25) is 5.02 Å². The minimum absolute atomic E-state index is 0.0224. The molecule has 0 unspecified atom stereocenters. The van der Waals surface area contributed by atoms with E-state index in [1.54, 1.807) is 6.21 Å². The van der Waals surface area contributed by atoms with E-state index in [-0.39, 0.29) is 16.3 Å². The molecule has 0 saturated carbocycles. The Labute approximate surface area is 144 Å². The van der Waals surface area contributed by atoms with Crippen LogP contribution in [0.25, 0.3) is 0 Å². The van der Waals surface area contributed by atoms with Crippen LogP contribution in [0.5, 0.6) is 0 Å². The number of carbonyl (C=O) groups excluding carboxylic acids is 1. The van der Waals surface area contributed by atoms with Gasteiger partial charge in [0.25, 0.3) is 11.6 Å². The molecule has 124 valence electrons. The van der Waals surface area contributed by atoms with Crippen molar-refractivity contribution >= 4 is 29.4 Å². The Morgan fingerprint density at radius 1 is 1.21 bits per heavy atom. The van der Waals surface area contributed by atoms with Gasteiger partial charge >= 0.3 is 0 Å². The number of hydrogen-bond donors (Lipinski definition) is 1. The van der Waals surface area contributed by atoms with Gasteiger partial charge in [-0.05, 0) is 55.2 Å². The second-order valence-corrected chi connectivity index (χ2v) is 5.75. The van der Waals surface area contributed by atoms with Crippen molar-refractivity contribution < 1.29 is 9.72 Å². The second-order valence-electron chi connectivity index (χ2n) is 5.34. The van der Waals surface area contributed by atoms with Gasteiger partial charge in [-0.2, -0.15) is 5.10 Å². The van der Waals surface area contributed by atoms with Crippen LogP contribution in [0, 0.1) is 30.9 Å². The Bertz CT molecular complexity index is 847. The molecule has 0 spiro atoms. The fourth-order valence-corrected chi connectivity index (χ4v) is 2.32. The highest BCUT2D eigenvalue weighted by Gasteiger charge is 2.15. The lowest BCUT2D eigenvalue weighted by Gasteiger charge is -2.07. The summed E-state index contributed by atoms with van der Waals surface area (Å²) in [4.78, 5) is 22.3. The molecule has 0 fully saturated rings. The Morgan fingerprint density at radius 2 is 1.92 bits per heavy atom. The standard InChI is InChI=1S/C17H16ClN3O3/c1-10-4-5-14(12(3)11(10)2)9-19-20-17(22)13-6-7-15(18)16(8-13)21(23)24/h4-9H,1-3H3,(H,20,22)/b19-9-. The summed E-state index contributed by atoms with van der Waals surface area (Å²) in [5.41, 5.74) is 6.47. The van der Waals surface area contributed by atoms with Crippen molar-refractivity contribution in [3.05, 3.63) is 73.3 Å². The Kier molecular flexibility index (Phi) is 5.31. The fraction of sp³-hybridized carbons (Fsp3) is 0.176. The molecule has 0 aliphatic rings. The first-order valence-corrected chi connectivity index (χ1v) is 7.53. The van der Waals surface area contributed by atoms with Gasteiger partial charge in [-0.15, -0.1) is 0 Å². The third-order valence-corrected chi connectivity index (χ3v) is 4.19. The lowest BCUT2D eigenvalue weighted by molar-refractivity contribution is -0.384. The quantitative estimate of drug-likeness (QED) is 0.517. The van der Waals surface area contributed by atoms with Gasteiger partial charge in [0, 0.05) is 11.6 Å². The van der Waals surface area contributed by atoms with E-state index in [4.69, 9.17) is 11.6 Å². The molecule has 0 aromatic heterocycles. The van der Waals surface area contributed by atoms with E-state index < -0.39 is 10.8 Å². The molecule has 2 rings (SSSR count). The number of nitro groups is 1. The zero-order valence-electron chi connectivity index (χ0n) is 13.5. The first-order valence-electron chi connectivity index (χ1n) is 7.15. The Balaban J connectivity index is 2.15. The second kappa shape index (κ2) is 7.23. The summed E-state index contributed by atoms with van der Waals surface area (Å²) in [5, 5.41) is 14.7. The van der Waals surface area contributed by atoms with E-state index in [9.17, 15) is 14.9 Å². The van der Waals surface area contributed by atoms with Crippen molar-refractivity contribution in [2.45, 2.75) is 20.8 Å². The van der Waals surface area contributed by atoms with E-state index in [2.05, 4.69) is 10.5 Å². The molecule has 24 heavy (non-hydrogen) atoms. The molecule has 1 amide bonds. The van der Waals surface area contributed by atoms with Gasteiger partial charge in [-0.3, -0.25) is 14.9 Å². The number of hydrogen-bond acceptors (Lipinski definition) is 4. The van der Waals surface area contributed by atoms with Gasteiger partial charge in [0.1, 0.15) is 5.02 Å². The van der Waals surface area contributed by atoms with Crippen LogP contribution in [0.1, 0.15) is 32.6 Å². The smallest absolute Gasteiger partial charge is 0.267 e. The predicted molar refractivity (Wildman–Crippen MR) is 93.8 cm³/mol. The van der Waals surface area contributed by atoms with Gasteiger partial charge in [0.15, 0.2) is 0 Å². The normalized spacial score (nSPS) is 10.8. The number of rotatable bonds is 4. The van der Waals surface area contributed by atoms with E-state index in [0.717, 1.165) is 17.2 Å². The number of hydrazone groups is 1. The molecule has 0 atom stereocenters. The van der Waals surface area contributed by atoms with E-state index in [1.807, 2.05) is 32.9 Å². The summed E-state index contributed by atoms with van der Waals surface area (Å²) in [6.45, 7) is 6.03. The van der Waals surface area contributed by atoms with Gasteiger partial charge in [-0.1, -0.05) is 23.7 Å². The maximum absolute atomic E-state index is 12.0. The Morgan fingerprint density at radius 3 is 2.58 bits per heavy atom. The van der Waals surface area contributed by atoms with Crippen LogP contribution in [0.15, 0.2) is 35.4 Å². The minimum Gasteiger partial charge on any atom is -0.267 e. The molecule has 0 radical (unpaired) electrons. The van der Waals surface area contributed by atoms with E-state index in [0.29, 0.717) is 0 Å². The first kappa shape index (κ1) is 17.6. The van der Waals surface area contributed by atoms with Crippen LogP contribution >= 0.6 is 11.6 Å². The molecule has 0 saturated heterocycles. The van der Waals surface area contributed by atoms with Gasteiger partial charge in [0.05, 0.1) is 11.1 Å². The van der Waals surface area contributed by atoms with Gasteiger partial charge in [-0.25, -0.2) is 5.43 Å². The predicted octanol–water partition coefficient (Wildman–Crippen LogP) is 3.94. The lowest BCUT2D eigenvalue weighted by atomic mass is 10.00. The van der Waals surface area contributed by atoms with Crippen molar-refractivity contribution in [3.8, 4) is 0 Å². The zero-order valence-corrected chi connectivity index (χ0v) is 14.2. The summed E-state index contributed by atoms with van der Waals surface area (Å²) in [7, 11) is 0. The molecule has 2 aromatic carbocycles. The maximum Gasteiger partial charge on any atom is 0.288 e. The van der Waals surface area contributed by atoms with Crippen LogP contribution in [0.4, 0.5) is 5.69 Å². The van der Waals surface area contributed by atoms with Crippen LogP contribution in [0.3, 0.4) is 0 Å². The summed E-state index contributed by atoms with van der Waals surface area (Å²) in [6.07, 6.45) is 1.55. The van der Waals surface area contributed by atoms with Crippen molar-refractivity contribution in [1.82, 2.24) is 5.43 Å². The number of benzene rings is 2. The topological polar surface area (TPSA) is 84.6 Å². The van der Waals surface area contributed by atoms with Crippen LogP contribution in [-0.2, 0) is 0 Å². The van der Waals surface area contributed by atoms with Crippen molar-refractivity contribution in [1.29, 1.82) is 0 Å². The Hall–Kier alpha value is -2.73. The molecule has 1 N–H and O–H groups in total. The number of aryl methyl sites for hydroxylation is 1. The summed E-state index contributed by atoms with van der Waals surface area (Å²) in [5.74, 6) is -0.549. The minimum atomic E-state index is -0.638. The van der Waals surface area contributed by atoms with Gasteiger partial charge in [0.2, 0.25) is 0 Å². The number of halogens is 1. The summed E-state index contributed by atoms with van der Waals surface area (Å²) >= 11 is 5.72. The van der Waals surface area contributed by atoms with Crippen LogP contribution in [-0.4, -0.2) is 17.0 Å². The third-order valence-electron chi connectivity index (χ3n) is 3.87. The molecule has 0 bridgehead atoms. The first-order chi connectivity index (χ1) is 11.3. The number of nitrogens with one attached hydrogen (secondary N) is 1. The highest BCUT2D eigenvalue weighted by Crippen LogP contribution is 2.25. The summed E-state index contributed by atoms with van der Waals surface area (Å²) in [6, 6.07) is 7.73. The average molecular weight is 346 g/mol. The largest absolute Gasteiger partial charge is 0.288 e. The molecule has 7 heteroatoms. The summed E-state index contributed by atoms with van der Waals surface area (Å²) < 4.78 is 0. The van der Waals surface area contributed by atoms with Crippen molar-refractivity contribution in [3.63, 3.8) is 0 Å². The van der Waals surface area contributed by atoms with E-state index in [1.165, 1.54) is 23.3 Å². The molecule has 2 aromatic rings. The SMILES string of the molecule is Cc1ccc(/C=N\NC(=O)c2ccc(Cl)c([N+](=O)[O-])c2)c(C)c1C. The zero-order chi connectivity index (χ0) is 17.9. The third kappa shape index (κ3) is 3.78. The van der Waals surface area contributed by atoms with Crippen molar-refractivity contribution in [2.75, 3.05) is 0 Å². The molecule has 0 aliphatic heterocycles. The van der Waals surface area contributed by atoms with Crippen molar-refractivity contribution in [2.24, 2.45) is 5.10 Å². The monoisotopic (exact) mass is 345 g/mol. The fourth-order valence-electron chi connectivity index (χ4n) is 2.14. The molecular weight excluding hydrogens is 330 g/mol. The number of carbonyl (C=O) groups is 1.